The first-order valence-corrected chi connectivity index (χ1v) is 6.56. The zero-order chi connectivity index (χ0) is 15.0. The Morgan fingerprint density at radius 3 is 2.16 bits per heavy atom. The van der Waals surface area contributed by atoms with Crippen molar-refractivity contribution in [2.24, 2.45) is 17.6 Å². The second-order valence-corrected chi connectivity index (χ2v) is 5.37. The summed E-state index contributed by atoms with van der Waals surface area (Å²) in [6, 6.07) is -1.30. The first-order valence-electron chi connectivity index (χ1n) is 6.56. The molecule has 0 rings (SSSR count). The normalized spacial score (nSPS) is 14.1. The largest absolute Gasteiger partial charge is 0.348 e. The second kappa shape index (κ2) is 8.63. The molecule has 0 aromatic rings. The molecular formula is C13H25N3O3. The molecule has 0 aliphatic rings. The van der Waals surface area contributed by atoms with E-state index in [1.54, 1.807) is 0 Å². The van der Waals surface area contributed by atoms with Crippen LogP contribution in [-0.2, 0) is 14.4 Å². The predicted molar refractivity (Wildman–Crippen MR) is 73.3 cm³/mol. The minimum Gasteiger partial charge on any atom is -0.348 e. The van der Waals surface area contributed by atoms with Crippen LogP contribution in [0.5, 0.6) is 0 Å². The van der Waals surface area contributed by atoms with E-state index >= 15 is 0 Å². The van der Waals surface area contributed by atoms with Gasteiger partial charge in [0.15, 0.2) is 0 Å². The van der Waals surface area contributed by atoms with Crippen LogP contribution in [0.4, 0.5) is 0 Å². The Labute approximate surface area is 114 Å². The SMILES string of the molecule is CC(C)C[C@H](NC(=O)[C@@H](N)C(C)C)C(=O)NCC=O. The van der Waals surface area contributed by atoms with Crippen LogP contribution >= 0.6 is 0 Å². The van der Waals surface area contributed by atoms with E-state index in [1.807, 2.05) is 27.7 Å². The fourth-order valence-electron chi connectivity index (χ4n) is 1.54. The van der Waals surface area contributed by atoms with Crippen LogP contribution in [0.15, 0.2) is 0 Å². The number of hydrogen-bond acceptors (Lipinski definition) is 4. The summed E-state index contributed by atoms with van der Waals surface area (Å²) in [5.74, 6) is -0.465. The zero-order valence-corrected chi connectivity index (χ0v) is 12.1. The molecule has 0 unspecified atom stereocenters. The lowest BCUT2D eigenvalue weighted by Gasteiger charge is -2.23. The highest BCUT2D eigenvalue weighted by Gasteiger charge is 2.25. The molecule has 6 nitrogen and oxygen atoms in total. The minimum atomic E-state index is -0.655. The van der Waals surface area contributed by atoms with E-state index in [-0.39, 0.29) is 30.2 Å². The van der Waals surface area contributed by atoms with Crippen molar-refractivity contribution < 1.29 is 14.4 Å². The quantitative estimate of drug-likeness (QED) is 0.533. The number of hydrogen-bond donors (Lipinski definition) is 3. The third-order valence-electron chi connectivity index (χ3n) is 2.72. The molecule has 2 atom stereocenters. The fourth-order valence-corrected chi connectivity index (χ4v) is 1.54. The lowest BCUT2D eigenvalue weighted by molar-refractivity contribution is -0.130. The molecule has 0 saturated carbocycles. The van der Waals surface area contributed by atoms with Gasteiger partial charge in [-0.1, -0.05) is 27.7 Å². The molecule has 0 aromatic heterocycles. The fraction of sp³-hybridized carbons (Fsp3) is 0.769. The summed E-state index contributed by atoms with van der Waals surface area (Å²) in [7, 11) is 0. The van der Waals surface area contributed by atoms with Crippen LogP contribution in [0.3, 0.4) is 0 Å². The van der Waals surface area contributed by atoms with Crippen molar-refractivity contribution in [1.82, 2.24) is 10.6 Å². The number of rotatable bonds is 8. The predicted octanol–water partition coefficient (Wildman–Crippen LogP) is -0.184. The molecule has 19 heavy (non-hydrogen) atoms. The number of carbonyl (C=O) groups is 3. The average Bonchev–Trinajstić information content (AvgIpc) is 2.33. The minimum absolute atomic E-state index is 0.00210. The number of carbonyl (C=O) groups excluding carboxylic acids is 3. The molecule has 6 heteroatoms. The number of amides is 2. The lowest BCUT2D eigenvalue weighted by Crippen LogP contribution is -2.53. The van der Waals surface area contributed by atoms with Gasteiger partial charge in [0.25, 0.3) is 0 Å². The molecule has 0 fully saturated rings. The van der Waals surface area contributed by atoms with Crippen molar-refractivity contribution in [2.45, 2.75) is 46.2 Å². The third kappa shape index (κ3) is 6.91. The van der Waals surface area contributed by atoms with E-state index in [1.165, 1.54) is 0 Å². The molecule has 0 bridgehead atoms. The maximum Gasteiger partial charge on any atom is 0.242 e. The van der Waals surface area contributed by atoms with Crippen LogP contribution in [0.1, 0.15) is 34.1 Å². The van der Waals surface area contributed by atoms with Gasteiger partial charge in [-0.15, -0.1) is 0 Å². The average molecular weight is 271 g/mol. The van der Waals surface area contributed by atoms with Crippen LogP contribution in [-0.4, -0.2) is 36.7 Å². The summed E-state index contributed by atoms with van der Waals surface area (Å²) in [5.41, 5.74) is 5.74. The molecule has 4 N–H and O–H groups in total. The van der Waals surface area contributed by atoms with Gasteiger partial charge in [0.05, 0.1) is 12.6 Å². The van der Waals surface area contributed by atoms with Gasteiger partial charge in [0.2, 0.25) is 11.8 Å². The van der Waals surface area contributed by atoms with E-state index in [0.717, 1.165) is 0 Å². The summed E-state index contributed by atoms with van der Waals surface area (Å²) in [6.45, 7) is 7.53. The zero-order valence-electron chi connectivity index (χ0n) is 12.1. The van der Waals surface area contributed by atoms with Gasteiger partial charge in [0, 0.05) is 0 Å². The van der Waals surface area contributed by atoms with Crippen LogP contribution < -0.4 is 16.4 Å². The third-order valence-corrected chi connectivity index (χ3v) is 2.72. The maximum atomic E-state index is 11.9. The molecule has 0 heterocycles. The highest BCUT2D eigenvalue weighted by Crippen LogP contribution is 2.06. The molecule has 0 aliphatic carbocycles. The van der Waals surface area contributed by atoms with Crippen molar-refractivity contribution in [3.8, 4) is 0 Å². The summed E-state index contributed by atoms with van der Waals surface area (Å²) < 4.78 is 0. The Hall–Kier alpha value is -1.43. The van der Waals surface area contributed by atoms with Crippen LogP contribution in [0.2, 0.25) is 0 Å². The van der Waals surface area contributed by atoms with Crippen molar-refractivity contribution >= 4 is 18.1 Å². The molecule has 110 valence electrons. The first kappa shape index (κ1) is 17.6. The number of aldehydes is 1. The maximum absolute atomic E-state index is 11.9. The van der Waals surface area contributed by atoms with E-state index in [2.05, 4.69) is 10.6 Å². The highest BCUT2D eigenvalue weighted by atomic mass is 16.2. The Balaban J connectivity index is 4.62. The highest BCUT2D eigenvalue weighted by molar-refractivity contribution is 5.90. The Morgan fingerprint density at radius 1 is 1.16 bits per heavy atom. The van der Waals surface area contributed by atoms with E-state index < -0.39 is 12.1 Å². The Morgan fingerprint density at radius 2 is 1.74 bits per heavy atom. The van der Waals surface area contributed by atoms with E-state index in [4.69, 9.17) is 5.73 Å². The van der Waals surface area contributed by atoms with Crippen molar-refractivity contribution in [3.05, 3.63) is 0 Å². The van der Waals surface area contributed by atoms with E-state index in [9.17, 15) is 14.4 Å². The van der Waals surface area contributed by atoms with E-state index in [0.29, 0.717) is 12.7 Å². The number of nitrogens with two attached hydrogens (primary N) is 1. The summed E-state index contributed by atoms with van der Waals surface area (Å²) in [5, 5.41) is 5.09. The molecule has 0 spiro atoms. The summed E-state index contributed by atoms with van der Waals surface area (Å²) in [4.78, 5) is 34.0. The van der Waals surface area contributed by atoms with Gasteiger partial charge in [-0.25, -0.2) is 0 Å². The lowest BCUT2D eigenvalue weighted by atomic mass is 10.0. The van der Waals surface area contributed by atoms with Gasteiger partial charge < -0.3 is 21.2 Å². The topological polar surface area (TPSA) is 101 Å². The van der Waals surface area contributed by atoms with Crippen molar-refractivity contribution in [1.29, 1.82) is 0 Å². The van der Waals surface area contributed by atoms with Crippen molar-refractivity contribution in [3.63, 3.8) is 0 Å². The molecule has 0 saturated heterocycles. The molecule has 0 aromatic carbocycles. The van der Waals surface area contributed by atoms with Crippen molar-refractivity contribution in [2.75, 3.05) is 6.54 Å². The molecule has 0 radical (unpaired) electrons. The first-order chi connectivity index (χ1) is 8.79. The molecular weight excluding hydrogens is 246 g/mol. The monoisotopic (exact) mass is 271 g/mol. The van der Waals surface area contributed by atoms with Gasteiger partial charge >= 0.3 is 0 Å². The second-order valence-electron chi connectivity index (χ2n) is 5.37. The molecule has 2 amide bonds. The summed E-state index contributed by atoms with van der Waals surface area (Å²) >= 11 is 0. The Bertz CT molecular complexity index is 316. The van der Waals surface area contributed by atoms with Gasteiger partial charge in [-0.2, -0.15) is 0 Å². The Kier molecular flexibility index (Phi) is 7.98. The smallest absolute Gasteiger partial charge is 0.242 e. The van der Waals surface area contributed by atoms with Gasteiger partial charge in [-0.3, -0.25) is 9.59 Å². The van der Waals surface area contributed by atoms with Crippen LogP contribution in [0.25, 0.3) is 0 Å². The molecule has 0 aliphatic heterocycles. The van der Waals surface area contributed by atoms with Crippen LogP contribution in [0, 0.1) is 11.8 Å². The summed E-state index contributed by atoms with van der Waals surface area (Å²) in [6.07, 6.45) is 1.10. The number of nitrogens with one attached hydrogen (secondary N) is 2. The van der Waals surface area contributed by atoms with Gasteiger partial charge in [0.1, 0.15) is 12.3 Å². The standard InChI is InChI=1S/C13H25N3O3/c1-8(2)7-10(12(18)15-5-6-17)16-13(19)11(14)9(3)4/h6,8-11H,5,7,14H2,1-4H3,(H,15,18)(H,16,19)/t10-,11-/m0/s1. The van der Waals surface area contributed by atoms with Gasteiger partial charge in [-0.05, 0) is 18.3 Å².